The average Bonchev–Trinajstić information content (AvgIpc) is 2.89. The van der Waals surface area contributed by atoms with Crippen LogP contribution >= 0.6 is 15.9 Å². The Kier molecular flexibility index (Phi) is 4.48. The lowest BCUT2D eigenvalue weighted by atomic mass is 10.1. The van der Waals surface area contributed by atoms with Gasteiger partial charge in [-0.1, -0.05) is 15.9 Å². The van der Waals surface area contributed by atoms with Crippen molar-refractivity contribution in [3.05, 3.63) is 24.0 Å². The molecule has 114 valence electrons. The van der Waals surface area contributed by atoms with E-state index >= 15 is 0 Å². The number of rotatable bonds is 3. The molecule has 1 amide bonds. The van der Waals surface area contributed by atoms with Crippen LogP contribution in [-0.4, -0.2) is 30.9 Å². The molecule has 2 saturated heterocycles. The molecule has 2 aliphatic heterocycles. The molecule has 21 heavy (non-hydrogen) atoms. The van der Waals surface area contributed by atoms with E-state index in [2.05, 4.69) is 20.8 Å². The van der Waals surface area contributed by atoms with Crippen LogP contribution in [0.4, 0.5) is 15.8 Å². The molecule has 0 aliphatic carbocycles. The summed E-state index contributed by atoms with van der Waals surface area (Å²) >= 11 is 3.42. The van der Waals surface area contributed by atoms with Crippen LogP contribution in [0, 0.1) is 11.7 Å². The maximum absolute atomic E-state index is 14.4. The fourth-order valence-corrected chi connectivity index (χ4v) is 3.62. The van der Waals surface area contributed by atoms with Crippen molar-refractivity contribution in [2.75, 3.05) is 34.8 Å². The molecule has 0 radical (unpaired) electrons. The summed E-state index contributed by atoms with van der Waals surface area (Å²) in [4.78, 5) is 15.8. The number of nitrogens with zero attached hydrogens (tertiary/aromatic N) is 2. The number of hydrogen-bond donors (Lipinski definition) is 0. The minimum atomic E-state index is -0.218. The Balaban J connectivity index is 1.79. The van der Waals surface area contributed by atoms with Gasteiger partial charge in [0, 0.05) is 37.1 Å². The normalized spacial score (nSPS) is 23.0. The molecule has 5 heteroatoms. The number of hydrogen-bond acceptors (Lipinski definition) is 2. The summed E-state index contributed by atoms with van der Waals surface area (Å²) in [6.07, 6.45) is 4.02. The Labute approximate surface area is 133 Å². The Morgan fingerprint density at radius 2 is 2.00 bits per heavy atom. The zero-order valence-corrected chi connectivity index (χ0v) is 13.6. The number of anilines is 2. The summed E-state index contributed by atoms with van der Waals surface area (Å²) in [6, 6.07) is 5.21. The first kappa shape index (κ1) is 14.8. The second-order valence-corrected chi connectivity index (χ2v) is 6.56. The molecule has 1 atom stereocenters. The quantitative estimate of drug-likeness (QED) is 0.774. The van der Waals surface area contributed by atoms with Gasteiger partial charge in [0.2, 0.25) is 5.91 Å². The van der Waals surface area contributed by atoms with Gasteiger partial charge >= 0.3 is 0 Å². The Bertz CT molecular complexity index is 531. The molecule has 0 N–H and O–H groups in total. The lowest BCUT2D eigenvalue weighted by molar-refractivity contribution is -0.117. The summed E-state index contributed by atoms with van der Waals surface area (Å²) < 4.78 is 14.4. The summed E-state index contributed by atoms with van der Waals surface area (Å²) in [5.41, 5.74) is 1.35. The number of halogens is 2. The van der Waals surface area contributed by atoms with Gasteiger partial charge in [0.15, 0.2) is 0 Å². The van der Waals surface area contributed by atoms with E-state index in [-0.39, 0.29) is 11.7 Å². The van der Waals surface area contributed by atoms with E-state index in [1.165, 1.54) is 12.5 Å². The Hall–Kier alpha value is -1.10. The SMILES string of the molecule is O=C1CC(CBr)CN1c1ccc(N2CCCCC2)c(F)c1. The maximum atomic E-state index is 14.4. The third-order valence-electron chi connectivity index (χ3n) is 4.36. The second-order valence-electron chi connectivity index (χ2n) is 5.91. The van der Waals surface area contributed by atoms with Gasteiger partial charge in [-0.2, -0.15) is 0 Å². The van der Waals surface area contributed by atoms with Gasteiger partial charge in [0.1, 0.15) is 5.82 Å². The van der Waals surface area contributed by atoms with Crippen molar-refractivity contribution in [2.24, 2.45) is 5.92 Å². The van der Waals surface area contributed by atoms with E-state index in [1.54, 1.807) is 4.90 Å². The average molecular weight is 355 g/mol. The lowest BCUT2D eigenvalue weighted by Crippen LogP contribution is -2.30. The molecule has 2 heterocycles. The van der Waals surface area contributed by atoms with Crippen molar-refractivity contribution < 1.29 is 9.18 Å². The predicted molar refractivity (Wildman–Crippen MR) is 86.7 cm³/mol. The highest BCUT2D eigenvalue weighted by atomic mass is 79.9. The number of carbonyl (C=O) groups is 1. The van der Waals surface area contributed by atoms with Crippen LogP contribution in [0.5, 0.6) is 0 Å². The standard InChI is InChI=1S/C16H20BrFN2O/c17-10-12-8-16(21)20(11-12)13-4-5-15(14(18)9-13)19-6-2-1-3-7-19/h4-5,9,12H,1-3,6-8,10-11H2. The van der Waals surface area contributed by atoms with Crippen molar-refractivity contribution in [3.63, 3.8) is 0 Å². The van der Waals surface area contributed by atoms with Gasteiger partial charge in [0.25, 0.3) is 0 Å². The molecule has 2 fully saturated rings. The number of alkyl halides is 1. The third-order valence-corrected chi connectivity index (χ3v) is 5.28. The monoisotopic (exact) mass is 354 g/mol. The van der Waals surface area contributed by atoms with Gasteiger partial charge in [-0.05, 0) is 43.4 Å². The van der Waals surface area contributed by atoms with Crippen LogP contribution in [-0.2, 0) is 4.79 Å². The molecular formula is C16H20BrFN2O. The highest BCUT2D eigenvalue weighted by Gasteiger charge is 2.30. The topological polar surface area (TPSA) is 23.6 Å². The van der Waals surface area contributed by atoms with Crippen molar-refractivity contribution in [1.82, 2.24) is 0 Å². The molecule has 1 aromatic rings. The van der Waals surface area contributed by atoms with E-state index in [1.807, 2.05) is 12.1 Å². The lowest BCUT2D eigenvalue weighted by Gasteiger charge is -2.29. The highest BCUT2D eigenvalue weighted by molar-refractivity contribution is 9.09. The van der Waals surface area contributed by atoms with Crippen LogP contribution < -0.4 is 9.80 Å². The van der Waals surface area contributed by atoms with E-state index < -0.39 is 0 Å². The third kappa shape index (κ3) is 3.07. The van der Waals surface area contributed by atoms with E-state index in [0.29, 0.717) is 30.3 Å². The minimum Gasteiger partial charge on any atom is -0.369 e. The largest absolute Gasteiger partial charge is 0.369 e. The zero-order valence-electron chi connectivity index (χ0n) is 12.0. The van der Waals surface area contributed by atoms with Crippen molar-refractivity contribution in [2.45, 2.75) is 25.7 Å². The smallest absolute Gasteiger partial charge is 0.227 e. The summed E-state index contributed by atoms with van der Waals surface area (Å²) in [7, 11) is 0. The van der Waals surface area contributed by atoms with Gasteiger partial charge in [-0.15, -0.1) is 0 Å². The van der Waals surface area contributed by atoms with E-state index in [4.69, 9.17) is 0 Å². The number of carbonyl (C=O) groups excluding carboxylic acids is 1. The molecule has 3 nitrogen and oxygen atoms in total. The molecule has 0 aromatic heterocycles. The number of piperidine rings is 1. The van der Waals surface area contributed by atoms with Gasteiger partial charge in [0.05, 0.1) is 5.69 Å². The first-order valence-electron chi connectivity index (χ1n) is 7.60. The molecule has 0 spiro atoms. The van der Waals surface area contributed by atoms with E-state index in [0.717, 1.165) is 31.3 Å². The van der Waals surface area contributed by atoms with Crippen LogP contribution in [0.1, 0.15) is 25.7 Å². The molecule has 1 aromatic carbocycles. The van der Waals surface area contributed by atoms with Gasteiger partial charge in [-0.3, -0.25) is 4.79 Å². The first-order valence-corrected chi connectivity index (χ1v) is 8.72. The minimum absolute atomic E-state index is 0.0876. The van der Waals surface area contributed by atoms with Crippen molar-refractivity contribution >= 4 is 33.2 Å². The zero-order chi connectivity index (χ0) is 14.8. The molecule has 2 aliphatic rings. The van der Waals surface area contributed by atoms with Crippen molar-refractivity contribution in [1.29, 1.82) is 0 Å². The number of amides is 1. The van der Waals surface area contributed by atoms with Crippen LogP contribution in [0.2, 0.25) is 0 Å². The molecule has 0 saturated carbocycles. The van der Waals surface area contributed by atoms with Crippen LogP contribution in [0.25, 0.3) is 0 Å². The molecule has 1 unspecified atom stereocenters. The Morgan fingerprint density at radius 1 is 1.24 bits per heavy atom. The highest BCUT2D eigenvalue weighted by Crippen LogP contribution is 2.31. The Morgan fingerprint density at radius 3 is 2.62 bits per heavy atom. The molecule has 3 rings (SSSR count). The van der Waals surface area contributed by atoms with Gasteiger partial charge in [-0.25, -0.2) is 4.39 Å². The molecular weight excluding hydrogens is 335 g/mol. The fourth-order valence-electron chi connectivity index (χ4n) is 3.19. The second kappa shape index (κ2) is 6.34. The molecule has 0 bridgehead atoms. The maximum Gasteiger partial charge on any atom is 0.227 e. The summed E-state index contributed by atoms with van der Waals surface area (Å²) in [5, 5.41) is 0.809. The first-order chi connectivity index (χ1) is 10.2. The van der Waals surface area contributed by atoms with Gasteiger partial charge < -0.3 is 9.80 Å². The van der Waals surface area contributed by atoms with Crippen molar-refractivity contribution in [3.8, 4) is 0 Å². The van der Waals surface area contributed by atoms with Crippen LogP contribution in [0.3, 0.4) is 0 Å². The fraction of sp³-hybridized carbons (Fsp3) is 0.562. The summed E-state index contributed by atoms with van der Waals surface area (Å²) in [6.45, 7) is 2.52. The summed E-state index contributed by atoms with van der Waals surface area (Å²) in [5.74, 6) is 0.191. The predicted octanol–water partition coefficient (Wildman–Crippen LogP) is 3.56. The van der Waals surface area contributed by atoms with Crippen LogP contribution in [0.15, 0.2) is 18.2 Å². The van der Waals surface area contributed by atoms with E-state index in [9.17, 15) is 9.18 Å². The number of benzene rings is 1.